The van der Waals surface area contributed by atoms with E-state index in [1.54, 1.807) is 0 Å². The van der Waals surface area contributed by atoms with Gasteiger partial charge in [0.15, 0.2) is 0 Å². The molecule has 180 valence electrons. The fourth-order valence-electron chi connectivity index (χ4n) is 4.99. The van der Waals surface area contributed by atoms with Gasteiger partial charge in [0.1, 0.15) is 5.60 Å². The van der Waals surface area contributed by atoms with Crippen molar-refractivity contribution in [3.8, 4) is 0 Å². The van der Waals surface area contributed by atoms with Crippen molar-refractivity contribution in [1.29, 1.82) is 0 Å². The average Bonchev–Trinajstić information content (AvgIpc) is 2.88. The highest BCUT2D eigenvalue weighted by atomic mass is 35.5. The highest BCUT2D eigenvalue weighted by Crippen LogP contribution is 2.41. The van der Waals surface area contributed by atoms with E-state index in [1.165, 1.54) is 0 Å². The summed E-state index contributed by atoms with van der Waals surface area (Å²) in [5.74, 6) is 0.104. The Labute approximate surface area is 207 Å². The van der Waals surface area contributed by atoms with Gasteiger partial charge in [0.25, 0.3) is 0 Å². The van der Waals surface area contributed by atoms with E-state index >= 15 is 0 Å². The number of ether oxygens (including phenoxy) is 1. The summed E-state index contributed by atoms with van der Waals surface area (Å²) in [5, 5.41) is 23.3. The molecule has 1 saturated heterocycles. The molecule has 0 aromatic heterocycles. The number of likely N-dealkylation sites (tertiary alicyclic amines) is 1. The summed E-state index contributed by atoms with van der Waals surface area (Å²) in [4.78, 5) is 2.27. The summed E-state index contributed by atoms with van der Waals surface area (Å²) in [6.45, 7) is 4.49. The van der Waals surface area contributed by atoms with E-state index in [1.807, 2.05) is 91.9 Å². The first-order valence-corrected chi connectivity index (χ1v) is 12.5. The van der Waals surface area contributed by atoms with Gasteiger partial charge >= 0.3 is 0 Å². The summed E-state index contributed by atoms with van der Waals surface area (Å²) in [7, 11) is 0. The first-order chi connectivity index (χ1) is 16.5. The molecule has 2 N–H and O–H groups in total. The van der Waals surface area contributed by atoms with Crippen molar-refractivity contribution in [3.63, 3.8) is 0 Å². The van der Waals surface area contributed by atoms with Crippen LogP contribution in [0, 0.1) is 5.92 Å². The Hall–Kier alpha value is -2.21. The first-order valence-electron chi connectivity index (χ1n) is 12.1. The molecule has 3 aromatic rings. The number of aliphatic hydroxyl groups excluding tert-OH is 1. The van der Waals surface area contributed by atoms with Crippen LogP contribution < -0.4 is 0 Å². The van der Waals surface area contributed by atoms with Crippen molar-refractivity contribution in [3.05, 3.63) is 107 Å². The van der Waals surface area contributed by atoms with Crippen molar-refractivity contribution in [1.82, 2.24) is 4.90 Å². The van der Waals surface area contributed by atoms with E-state index in [2.05, 4.69) is 4.90 Å². The second kappa shape index (κ2) is 11.5. The summed E-state index contributed by atoms with van der Waals surface area (Å²) >= 11 is 5.96. The van der Waals surface area contributed by atoms with E-state index in [0.717, 1.165) is 42.6 Å². The number of β-amino-alcohol motifs (C(OH)–C–C–N with tert-alkyl or cyclic N) is 1. The Kier molecular flexibility index (Phi) is 8.41. The maximum Gasteiger partial charge on any atom is 0.117 e. The third kappa shape index (κ3) is 5.88. The molecule has 0 saturated carbocycles. The second-order valence-corrected chi connectivity index (χ2v) is 9.69. The average molecular weight is 480 g/mol. The number of hydrogen-bond donors (Lipinski definition) is 2. The van der Waals surface area contributed by atoms with Gasteiger partial charge in [-0.3, -0.25) is 0 Å². The van der Waals surface area contributed by atoms with Gasteiger partial charge in [0.05, 0.1) is 18.8 Å². The van der Waals surface area contributed by atoms with Crippen LogP contribution in [-0.4, -0.2) is 47.5 Å². The van der Waals surface area contributed by atoms with Gasteiger partial charge in [-0.1, -0.05) is 84.4 Å². The zero-order valence-electron chi connectivity index (χ0n) is 19.7. The molecule has 0 radical (unpaired) electrons. The smallest absolute Gasteiger partial charge is 0.117 e. The number of aliphatic hydroxyl groups is 2. The summed E-state index contributed by atoms with van der Waals surface area (Å²) in [5.41, 5.74) is 1.89. The third-order valence-corrected chi connectivity index (χ3v) is 7.21. The van der Waals surface area contributed by atoms with Crippen molar-refractivity contribution in [2.45, 2.75) is 37.6 Å². The van der Waals surface area contributed by atoms with Crippen molar-refractivity contribution < 1.29 is 14.9 Å². The van der Waals surface area contributed by atoms with Crippen molar-refractivity contribution in [2.24, 2.45) is 5.92 Å². The maximum absolute atomic E-state index is 12.0. The minimum absolute atomic E-state index is 0.104. The largest absolute Gasteiger partial charge is 0.389 e. The lowest BCUT2D eigenvalue weighted by molar-refractivity contribution is -0.0373. The van der Waals surface area contributed by atoms with Gasteiger partial charge < -0.3 is 19.8 Å². The van der Waals surface area contributed by atoms with E-state index in [9.17, 15) is 10.2 Å². The van der Waals surface area contributed by atoms with Gasteiger partial charge in [-0.25, -0.2) is 0 Å². The van der Waals surface area contributed by atoms with Crippen LogP contribution in [0.2, 0.25) is 5.02 Å². The molecule has 34 heavy (non-hydrogen) atoms. The van der Waals surface area contributed by atoms with Crippen LogP contribution in [0.3, 0.4) is 0 Å². The molecule has 3 aromatic carbocycles. The molecule has 0 unspecified atom stereocenters. The number of rotatable bonds is 9. The molecule has 5 heteroatoms. The normalized spacial score (nSPS) is 17.4. The van der Waals surface area contributed by atoms with Crippen molar-refractivity contribution in [2.75, 3.05) is 26.2 Å². The lowest BCUT2D eigenvalue weighted by Crippen LogP contribution is -2.46. The monoisotopic (exact) mass is 479 g/mol. The minimum atomic E-state index is -1.02. The fourth-order valence-corrected chi connectivity index (χ4v) is 5.12. The number of piperidine rings is 1. The van der Waals surface area contributed by atoms with E-state index < -0.39 is 11.7 Å². The SMILES string of the molecule is C[C@H](OC[C@H](O)CN1CCC(C(O)(c2ccccc2)c2ccccc2)CC1)c1ccc(Cl)cc1. The molecular formula is C29H34ClNO3. The fraction of sp³-hybridized carbons (Fsp3) is 0.379. The van der Waals surface area contributed by atoms with Crippen LogP contribution in [0.25, 0.3) is 0 Å². The Bertz CT molecular complexity index is 965. The molecule has 1 fully saturated rings. The zero-order chi connectivity index (χ0) is 24.0. The van der Waals surface area contributed by atoms with Gasteiger partial charge in [-0.15, -0.1) is 0 Å². The highest BCUT2D eigenvalue weighted by molar-refractivity contribution is 6.30. The van der Waals surface area contributed by atoms with E-state index in [0.29, 0.717) is 11.6 Å². The Morgan fingerprint density at radius 2 is 1.44 bits per heavy atom. The van der Waals surface area contributed by atoms with Gasteiger partial charge in [0.2, 0.25) is 0 Å². The van der Waals surface area contributed by atoms with Crippen LogP contribution >= 0.6 is 11.6 Å². The molecule has 0 bridgehead atoms. The molecule has 0 spiro atoms. The quantitative estimate of drug-likeness (QED) is 0.430. The molecule has 1 aliphatic rings. The Morgan fingerprint density at radius 1 is 0.912 bits per heavy atom. The minimum Gasteiger partial charge on any atom is -0.389 e. The van der Waals surface area contributed by atoms with Crippen LogP contribution in [0.1, 0.15) is 42.6 Å². The predicted molar refractivity (Wildman–Crippen MR) is 137 cm³/mol. The molecular weight excluding hydrogens is 446 g/mol. The molecule has 0 amide bonds. The van der Waals surface area contributed by atoms with Crippen LogP contribution in [0.4, 0.5) is 0 Å². The predicted octanol–water partition coefficient (Wildman–Crippen LogP) is 5.43. The second-order valence-electron chi connectivity index (χ2n) is 9.25. The number of nitrogens with zero attached hydrogens (tertiary/aromatic N) is 1. The molecule has 4 nitrogen and oxygen atoms in total. The summed E-state index contributed by atoms with van der Waals surface area (Å²) < 4.78 is 5.90. The number of halogens is 1. The molecule has 4 rings (SSSR count). The topological polar surface area (TPSA) is 52.9 Å². The maximum atomic E-state index is 12.0. The summed E-state index contributed by atoms with van der Waals surface area (Å²) in [6.07, 6.45) is 1.04. The molecule has 2 atom stereocenters. The zero-order valence-corrected chi connectivity index (χ0v) is 20.4. The molecule has 0 aliphatic carbocycles. The van der Waals surface area contributed by atoms with Gasteiger partial charge in [0, 0.05) is 11.6 Å². The molecule has 1 heterocycles. The standard InChI is InChI=1S/C29H34ClNO3/c1-22(23-12-14-27(30)15-13-23)34-21-28(32)20-31-18-16-26(17-19-31)29(33,24-8-4-2-5-9-24)25-10-6-3-7-11-25/h2-15,22,26,28,32-33H,16-21H2,1H3/t22-,28+/m0/s1. The Balaban J connectivity index is 1.33. The highest BCUT2D eigenvalue weighted by Gasteiger charge is 2.41. The lowest BCUT2D eigenvalue weighted by atomic mass is 9.72. The third-order valence-electron chi connectivity index (χ3n) is 6.95. The van der Waals surface area contributed by atoms with Crippen LogP contribution in [0.15, 0.2) is 84.9 Å². The first kappa shape index (κ1) is 24.9. The molecule has 1 aliphatic heterocycles. The van der Waals surface area contributed by atoms with Gasteiger partial charge in [-0.2, -0.15) is 0 Å². The van der Waals surface area contributed by atoms with E-state index in [-0.39, 0.29) is 18.6 Å². The number of benzene rings is 3. The van der Waals surface area contributed by atoms with Gasteiger partial charge in [-0.05, 0) is 67.6 Å². The van der Waals surface area contributed by atoms with Crippen LogP contribution in [-0.2, 0) is 10.3 Å². The summed E-state index contributed by atoms with van der Waals surface area (Å²) in [6, 6.07) is 27.6. The van der Waals surface area contributed by atoms with E-state index in [4.69, 9.17) is 16.3 Å². The lowest BCUT2D eigenvalue weighted by Gasteiger charge is -2.42. The van der Waals surface area contributed by atoms with Crippen LogP contribution in [0.5, 0.6) is 0 Å². The van der Waals surface area contributed by atoms with Crippen molar-refractivity contribution >= 4 is 11.6 Å². The number of hydrogen-bond acceptors (Lipinski definition) is 4. The Morgan fingerprint density at radius 3 is 1.97 bits per heavy atom.